The molecule has 3 aliphatic rings. The summed E-state index contributed by atoms with van der Waals surface area (Å²) in [5.41, 5.74) is 4.69. The Hall–Kier alpha value is -3.56. The van der Waals surface area contributed by atoms with Crippen molar-refractivity contribution in [3.8, 4) is 11.5 Å². The maximum Gasteiger partial charge on any atom is 0.352 e. The van der Waals surface area contributed by atoms with Crippen molar-refractivity contribution in [2.24, 2.45) is 11.8 Å². The van der Waals surface area contributed by atoms with E-state index >= 15 is 0 Å². The number of aromatic hydroxyl groups is 1. The van der Waals surface area contributed by atoms with Gasteiger partial charge in [-0.3, -0.25) is 9.59 Å². The van der Waals surface area contributed by atoms with Gasteiger partial charge in [0.25, 0.3) is 0 Å². The van der Waals surface area contributed by atoms with Crippen LogP contribution in [0, 0.1) is 11.8 Å². The summed E-state index contributed by atoms with van der Waals surface area (Å²) >= 11 is 7.26. The maximum absolute atomic E-state index is 13.2. The third-order valence-electron chi connectivity index (χ3n) is 10.1. The van der Waals surface area contributed by atoms with Gasteiger partial charge in [0.15, 0.2) is 5.05 Å². The minimum Gasteiger partial charge on any atom is -0.507 e. The molecule has 1 saturated heterocycles. The van der Waals surface area contributed by atoms with Gasteiger partial charge in [-0.05, 0) is 112 Å². The van der Waals surface area contributed by atoms with Crippen LogP contribution in [0.4, 0.5) is 0 Å². The number of allylic oxidation sites excluding steroid dienone is 4. The van der Waals surface area contributed by atoms with Crippen molar-refractivity contribution in [1.82, 2.24) is 4.90 Å². The highest BCUT2D eigenvalue weighted by atomic mass is 32.1. The lowest BCUT2D eigenvalue weighted by Crippen LogP contribution is -2.63. The van der Waals surface area contributed by atoms with E-state index in [4.69, 9.17) is 17.0 Å². The van der Waals surface area contributed by atoms with Crippen molar-refractivity contribution in [2.45, 2.75) is 110 Å². The van der Waals surface area contributed by atoms with Gasteiger partial charge >= 0.3 is 5.97 Å². The highest BCUT2D eigenvalue weighted by molar-refractivity contribution is 7.80. The maximum atomic E-state index is 13.2. The second-order valence-corrected chi connectivity index (χ2v) is 15.2. The van der Waals surface area contributed by atoms with E-state index in [1.807, 2.05) is 36.6 Å². The van der Waals surface area contributed by atoms with Crippen molar-refractivity contribution in [3.05, 3.63) is 80.7 Å². The van der Waals surface area contributed by atoms with E-state index in [9.17, 15) is 24.6 Å². The Bertz CT molecular complexity index is 1640. The van der Waals surface area contributed by atoms with Crippen molar-refractivity contribution in [1.29, 1.82) is 0 Å². The lowest BCUT2D eigenvalue weighted by atomic mass is 9.73. The Labute approximate surface area is 293 Å². The molecule has 1 amide bonds. The summed E-state index contributed by atoms with van der Waals surface area (Å²) in [7, 11) is 0. The van der Waals surface area contributed by atoms with Crippen molar-refractivity contribution in [2.75, 3.05) is 0 Å². The van der Waals surface area contributed by atoms with Gasteiger partial charge in [0.2, 0.25) is 5.91 Å². The zero-order valence-corrected chi connectivity index (χ0v) is 29.9. The Balaban J connectivity index is 1.32. The van der Waals surface area contributed by atoms with E-state index in [0.717, 1.165) is 54.5 Å². The summed E-state index contributed by atoms with van der Waals surface area (Å²) in [6.07, 6.45) is 10.3. The average molecular weight is 690 g/mol. The molecule has 7 nitrogen and oxygen atoms in total. The van der Waals surface area contributed by atoms with Gasteiger partial charge in [-0.1, -0.05) is 49.6 Å². The molecule has 0 spiro atoms. The zero-order valence-electron chi connectivity index (χ0n) is 28.3. The second kappa shape index (κ2) is 15.8. The van der Waals surface area contributed by atoms with Gasteiger partial charge in [0.05, 0.1) is 5.92 Å². The lowest BCUT2D eigenvalue weighted by molar-refractivity contribution is -0.160. The largest absolute Gasteiger partial charge is 0.507 e. The van der Waals surface area contributed by atoms with Crippen LogP contribution < -0.4 is 4.74 Å². The minimum absolute atomic E-state index is 0.00196. The molecule has 256 valence electrons. The summed E-state index contributed by atoms with van der Waals surface area (Å²) in [4.78, 5) is 40.7. The lowest BCUT2D eigenvalue weighted by Gasteiger charge is -2.50. The van der Waals surface area contributed by atoms with E-state index in [0.29, 0.717) is 54.0 Å². The van der Waals surface area contributed by atoms with E-state index in [-0.39, 0.29) is 47.4 Å². The molecule has 0 unspecified atom stereocenters. The number of ether oxygens (including phenoxy) is 1. The number of nitrogens with zero attached hydrogens (tertiary/aromatic N) is 1. The van der Waals surface area contributed by atoms with E-state index in [1.54, 1.807) is 0 Å². The monoisotopic (exact) mass is 689 g/mol. The molecule has 48 heavy (non-hydrogen) atoms. The number of β-lactam (4-membered cyclic amide) rings is 1. The van der Waals surface area contributed by atoms with E-state index < -0.39 is 11.9 Å². The Kier molecular flexibility index (Phi) is 11.7. The number of phenolic OH excluding ortho intramolecular Hbond substituents is 1. The van der Waals surface area contributed by atoms with Crippen LogP contribution in [0.5, 0.6) is 11.5 Å². The number of carbonyl (C=O) groups excluding carboxylic acids is 2. The van der Waals surface area contributed by atoms with Gasteiger partial charge in [-0.15, -0.1) is 11.3 Å². The number of rotatable bonds is 15. The number of carboxylic acids is 1. The van der Waals surface area contributed by atoms with Crippen molar-refractivity contribution in [3.63, 3.8) is 0 Å². The number of fused-ring (bicyclic) bond motifs is 1. The molecule has 9 heteroatoms. The third-order valence-corrected chi connectivity index (χ3v) is 11.3. The Morgan fingerprint density at radius 3 is 2.65 bits per heavy atom. The highest BCUT2D eigenvalue weighted by Crippen LogP contribution is 2.47. The number of hydrogen-bond donors (Lipinski definition) is 2. The summed E-state index contributed by atoms with van der Waals surface area (Å²) in [6, 6.07) is 7.37. The Morgan fingerprint density at radius 2 is 1.96 bits per heavy atom. The topological polar surface area (TPSA) is 104 Å². The first-order chi connectivity index (χ1) is 23.0. The number of hydrogen-bond acceptors (Lipinski definition) is 7. The minimum atomic E-state index is -1.14. The number of benzene rings is 1. The van der Waals surface area contributed by atoms with Gasteiger partial charge in [-0.25, -0.2) is 4.79 Å². The summed E-state index contributed by atoms with van der Waals surface area (Å²) in [5, 5.41) is 23.8. The molecule has 2 N–H and O–H groups in total. The van der Waals surface area contributed by atoms with Gasteiger partial charge in [-0.2, -0.15) is 0 Å². The molecule has 2 aromatic rings. The molecule has 1 aliphatic carbocycles. The van der Waals surface area contributed by atoms with Crippen molar-refractivity contribution >= 4 is 46.3 Å². The number of unbranched alkanes of at least 4 members (excludes halogenated alkanes) is 2. The van der Waals surface area contributed by atoms with Crippen LogP contribution in [0.2, 0.25) is 0 Å². The van der Waals surface area contributed by atoms with Gasteiger partial charge in [0, 0.05) is 41.7 Å². The molecule has 3 heterocycles. The SMILES string of the molecule is C=C(C)[C@@H]1CCC(C)=C[C@H]1c1c(O)cc(CCCCC)cc1OC(=S)CCC1=C(C(=O)O)N2C(=O)[C@@H](CC(=O)Cc3cccs3)[C@H]2CC1. The number of carbonyl (C=O) groups is 3. The average Bonchev–Trinajstić information content (AvgIpc) is 3.55. The van der Waals surface area contributed by atoms with Gasteiger partial charge < -0.3 is 19.8 Å². The van der Waals surface area contributed by atoms with Crippen LogP contribution in [0.3, 0.4) is 0 Å². The number of Topliss-reactive ketones (excluding diaryl/α,β-unsaturated/α-hetero) is 1. The summed E-state index contributed by atoms with van der Waals surface area (Å²) in [5.74, 6) is -1.13. The predicted molar refractivity (Wildman–Crippen MR) is 193 cm³/mol. The number of thiophene rings is 1. The number of amides is 1. The first kappa shape index (κ1) is 35.7. The first-order valence-corrected chi connectivity index (χ1v) is 18.5. The second-order valence-electron chi connectivity index (χ2n) is 13.7. The fourth-order valence-electron chi connectivity index (χ4n) is 7.61. The fourth-order valence-corrected chi connectivity index (χ4v) is 8.54. The number of aliphatic carboxylic acids is 1. The van der Waals surface area contributed by atoms with E-state index in [2.05, 4.69) is 26.5 Å². The molecular weight excluding hydrogens is 643 g/mol. The summed E-state index contributed by atoms with van der Waals surface area (Å²) in [6.45, 7) is 10.6. The highest BCUT2D eigenvalue weighted by Gasteiger charge is 2.52. The molecule has 0 bridgehead atoms. The molecule has 5 rings (SSSR count). The first-order valence-electron chi connectivity index (χ1n) is 17.2. The number of ketones is 1. The number of carboxylic acid groups (broad SMARTS) is 1. The Morgan fingerprint density at radius 1 is 1.17 bits per heavy atom. The molecule has 0 saturated carbocycles. The number of thiocarbonyl (C=S) groups is 1. The molecule has 1 fully saturated rings. The van der Waals surface area contributed by atoms with Crippen LogP contribution in [0.1, 0.15) is 107 Å². The van der Waals surface area contributed by atoms with Crippen LogP contribution in [-0.4, -0.2) is 43.9 Å². The zero-order chi connectivity index (χ0) is 34.5. The third kappa shape index (κ3) is 8.00. The molecule has 0 radical (unpaired) electrons. The molecule has 2 aliphatic heterocycles. The van der Waals surface area contributed by atoms with Crippen LogP contribution in [0.15, 0.2) is 64.7 Å². The molecular formula is C39H47NO6S2. The van der Waals surface area contributed by atoms with Crippen molar-refractivity contribution < 1.29 is 29.3 Å². The smallest absolute Gasteiger partial charge is 0.352 e. The van der Waals surface area contributed by atoms with Crippen LogP contribution in [-0.2, 0) is 27.2 Å². The number of aryl methyl sites for hydroxylation is 1. The summed E-state index contributed by atoms with van der Waals surface area (Å²) < 4.78 is 6.39. The normalized spacial score (nSPS) is 22.1. The molecule has 1 aromatic heterocycles. The molecule has 4 atom stereocenters. The fraction of sp³-hybridized carbons (Fsp3) is 0.487. The van der Waals surface area contributed by atoms with Crippen LogP contribution >= 0.6 is 23.6 Å². The standard InChI is InChI=1S/C39H47NO6S2/c1-5-6-7-9-25-19-33(42)36(30-18-24(4)11-14-29(30)23(2)3)34(20-25)46-35(47)16-13-26-12-15-32-31(38(43)40(32)37(26)39(44)45)22-27(41)21-28-10-8-17-48-28/h8,10,17-20,29-32,42H,2,5-7,9,11-16,21-22H2,1,3-4H3,(H,44,45)/t29-,30+,31-,32+/m0/s1. The van der Waals surface area contributed by atoms with Crippen LogP contribution in [0.25, 0.3) is 0 Å². The number of phenols is 1. The predicted octanol–water partition coefficient (Wildman–Crippen LogP) is 8.85. The van der Waals surface area contributed by atoms with E-state index in [1.165, 1.54) is 21.8 Å². The molecule has 1 aromatic carbocycles. The quantitative estimate of drug-likeness (QED) is 0.0833. The van der Waals surface area contributed by atoms with Gasteiger partial charge in [0.1, 0.15) is 23.0 Å².